The minimum atomic E-state index is -0.234. The van der Waals surface area contributed by atoms with Crippen molar-refractivity contribution in [2.45, 2.75) is 52.1 Å². The van der Waals surface area contributed by atoms with E-state index < -0.39 is 0 Å². The molecule has 1 aromatic rings. The van der Waals surface area contributed by atoms with Crippen LogP contribution in [0.1, 0.15) is 40.2 Å². The van der Waals surface area contributed by atoms with Crippen molar-refractivity contribution in [1.29, 1.82) is 0 Å². The lowest BCUT2D eigenvalue weighted by Crippen LogP contribution is -2.58. The van der Waals surface area contributed by atoms with Crippen molar-refractivity contribution >= 4 is 11.8 Å². The molecule has 1 saturated heterocycles. The maximum absolute atomic E-state index is 11.9. The topological polar surface area (TPSA) is 32.8 Å². The van der Waals surface area contributed by atoms with Crippen LogP contribution in [-0.2, 0) is 10.2 Å². The van der Waals surface area contributed by atoms with Crippen molar-refractivity contribution in [3.05, 3.63) is 29.8 Å². The van der Waals surface area contributed by atoms with Crippen LogP contribution in [0.5, 0.6) is 0 Å². The lowest BCUT2D eigenvalue weighted by atomic mass is 9.87. The molecule has 0 aromatic heterocycles. The van der Waals surface area contributed by atoms with Crippen molar-refractivity contribution in [2.24, 2.45) is 0 Å². The Kier molecular flexibility index (Phi) is 4.69. The summed E-state index contributed by atoms with van der Waals surface area (Å²) in [5.74, 6) is 0. The number of anilines is 1. The summed E-state index contributed by atoms with van der Waals surface area (Å²) in [7, 11) is 1.44. The van der Waals surface area contributed by atoms with E-state index in [4.69, 9.17) is 4.74 Å². The average Bonchev–Trinajstić information content (AvgIpc) is 2.45. The Hall–Kier alpha value is -1.71. The van der Waals surface area contributed by atoms with Gasteiger partial charge in [-0.25, -0.2) is 4.79 Å². The van der Waals surface area contributed by atoms with Crippen LogP contribution in [0.2, 0.25) is 0 Å². The van der Waals surface area contributed by atoms with Gasteiger partial charge in [-0.1, -0.05) is 32.9 Å². The average molecular weight is 304 g/mol. The zero-order valence-electron chi connectivity index (χ0n) is 14.6. The van der Waals surface area contributed by atoms with Crippen molar-refractivity contribution in [3.63, 3.8) is 0 Å². The standard InChI is InChI=1S/C18H28N2O2/c1-13-11-19(12-14(2)20(13)17(21)22-6)16-9-7-15(8-10-16)18(3,4)5/h7-10,13-14H,11-12H2,1-6H3. The van der Waals surface area contributed by atoms with Gasteiger partial charge in [0.05, 0.1) is 19.2 Å². The zero-order chi connectivity index (χ0) is 16.5. The van der Waals surface area contributed by atoms with Gasteiger partial charge >= 0.3 is 6.09 Å². The van der Waals surface area contributed by atoms with Crippen LogP contribution in [0.3, 0.4) is 0 Å². The number of carbonyl (C=O) groups excluding carboxylic acids is 1. The van der Waals surface area contributed by atoms with Gasteiger partial charge in [-0.3, -0.25) is 4.90 Å². The summed E-state index contributed by atoms with van der Waals surface area (Å²) >= 11 is 0. The molecule has 2 unspecified atom stereocenters. The van der Waals surface area contributed by atoms with Crippen LogP contribution in [-0.4, -0.2) is 43.3 Å². The van der Waals surface area contributed by atoms with E-state index in [9.17, 15) is 4.79 Å². The van der Waals surface area contributed by atoms with E-state index in [1.165, 1.54) is 18.4 Å². The van der Waals surface area contributed by atoms with Gasteiger partial charge in [-0.2, -0.15) is 0 Å². The second-order valence-corrected chi connectivity index (χ2v) is 7.28. The Labute approximate surface area is 134 Å². The van der Waals surface area contributed by atoms with Crippen LogP contribution in [0.4, 0.5) is 10.5 Å². The normalized spacial score (nSPS) is 22.6. The van der Waals surface area contributed by atoms with E-state index in [0.717, 1.165) is 13.1 Å². The summed E-state index contributed by atoms with van der Waals surface area (Å²) in [4.78, 5) is 16.1. The van der Waals surface area contributed by atoms with Crippen LogP contribution in [0.25, 0.3) is 0 Å². The zero-order valence-corrected chi connectivity index (χ0v) is 14.6. The fourth-order valence-corrected chi connectivity index (χ4v) is 3.17. The van der Waals surface area contributed by atoms with Crippen molar-refractivity contribution in [1.82, 2.24) is 4.90 Å². The highest BCUT2D eigenvalue weighted by molar-refractivity contribution is 5.69. The number of methoxy groups -OCH3 is 1. The van der Waals surface area contributed by atoms with Gasteiger partial charge in [0.1, 0.15) is 0 Å². The Morgan fingerprint density at radius 2 is 1.59 bits per heavy atom. The minimum Gasteiger partial charge on any atom is -0.453 e. The van der Waals surface area contributed by atoms with Gasteiger partial charge in [-0.05, 0) is 37.0 Å². The first kappa shape index (κ1) is 16.7. The molecule has 0 spiro atoms. The SMILES string of the molecule is COC(=O)N1C(C)CN(c2ccc(C(C)(C)C)cc2)CC1C. The molecule has 0 N–H and O–H groups in total. The number of piperazine rings is 1. The highest BCUT2D eigenvalue weighted by Crippen LogP contribution is 2.27. The highest BCUT2D eigenvalue weighted by atomic mass is 16.5. The number of hydrogen-bond acceptors (Lipinski definition) is 3. The van der Waals surface area contributed by atoms with E-state index in [1.807, 2.05) is 4.90 Å². The number of nitrogens with zero attached hydrogens (tertiary/aromatic N) is 2. The van der Waals surface area contributed by atoms with Crippen molar-refractivity contribution < 1.29 is 9.53 Å². The van der Waals surface area contributed by atoms with E-state index in [0.29, 0.717) is 0 Å². The molecule has 22 heavy (non-hydrogen) atoms. The molecular formula is C18H28N2O2. The second-order valence-electron chi connectivity index (χ2n) is 7.28. The van der Waals surface area contributed by atoms with E-state index in [2.05, 4.69) is 63.8 Å². The predicted octanol–water partition coefficient (Wildman–Crippen LogP) is 3.65. The van der Waals surface area contributed by atoms with Gasteiger partial charge < -0.3 is 9.64 Å². The molecule has 1 fully saturated rings. The molecule has 1 aliphatic rings. The highest BCUT2D eigenvalue weighted by Gasteiger charge is 2.33. The maximum atomic E-state index is 11.9. The van der Waals surface area contributed by atoms with Crippen LogP contribution in [0.15, 0.2) is 24.3 Å². The van der Waals surface area contributed by atoms with Crippen LogP contribution >= 0.6 is 0 Å². The minimum absolute atomic E-state index is 0.137. The molecule has 1 heterocycles. The predicted molar refractivity (Wildman–Crippen MR) is 90.5 cm³/mol. The van der Waals surface area contributed by atoms with Gasteiger partial charge in [-0.15, -0.1) is 0 Å². The third kappa shape index (κ3) is 3.37. The van der Waals surface area contributed by atoms with E-state index in [-0.39, 0.29) is 23.6 Å². The summed E-state index contributed by atoms with van der Waals surface area (Å²) in [6.07, 6.45) is -0.234. The molecular weight excluding hydrogens is 276 g/mol. The summed E-state index contributed by atoms with van der Waals surface area (Å²) < 4.78 is 4.89. The first-order valence-electron chi connectivity index (χ1n) is 7.96. The third-order valence-corrected chi connectivity index (χ3v) is 4.40. The first-order valence-corrected chi connectivity index (χ1v) is 7.96. The molecule has 0 aliphatic carbocycles. The lowest BCUT2D eigenvalue weighted by Gasteiger charge is -2.44. The Balaban J connectivity index is 2.13. The molecule has 1 aromatic carbocycles. The number of ether oxygens (including phenoxy) is 1. The lowest BCUT2D eigenvalue weighted by molar-refractivity contribution is 0.0820. The molecule has 0 radical (unpaired) electrons. The van der Waals surface area contributed by atoms with Crippen molar-refractivity contribution in [2.75, 3.05) is 25.1 Å². The monoisotopic (exact) mass is 304 g/mol. The quantitative estimate of drug-likeness (QED) is 0.794. The van der Waals surface area contributed by atoms with Crippen molar-refractivity contribution in [3.8, 4) is 0 Å². The van der Waals surface area contributed by atoms with E-state index in [1.54, 1.807) is 0 Å². The molecule has 0 saturated carbocycles. The fraction of sp³-hybridized carbons (Fsp3) is 0.611. The number of hydrogen-bond donors (Lipinski definition) is 0. The number of rotatable bonds is 1. The molecule has 2 atom stereocenters. The van der Waals surface area contributed by atoms with Crippen LogP contribution < -0.4 is 4.90 Å². The first-order chi connectivity index (χ1) is 10.2. The fourth-order valence-electron chi connectivity index (χ4n) is 3.17. The smallest absolute Gasteiger partial charge is 0.410 e. The molecule has 0 bridgehead atoms. The summed E-state index contributed by atoms with van der Waals surface area (Å²) in [5.41, 5.74) is 2.73. The molecule has 2 rings (SSSR count). The number of carbonyl (C=O) groups is 1. The summed E-state index contributed by atoms with van der Waals surface area (Å²) in [5, 5.41) is 0. The van der Waals surface area contributed by atoms with Crippen LogP contribution in [0, 0.1) is 0 Å². The Morgan fingerprint density at radius 3 is 2.00 bits per heavy atom. The molecule has 4 nitrogen and oxygen atoms in total. The van der Waals surface area contributed by atoms with E-state index >= 15 is 0 Å². The Morgan fingerprint density at radius 1 is 1.09 bits per heavy atom. The molecule has 1 amide bonds. The number of benzene rings is 1. The third-order valence-electron chi connectivity index (χ3n) is 4.40. The molecule has 1 aliphatic heterocycles. The summed E-state index contributed by atoms with van der Waals surface area (Å²) in [6.45, 7) is 12.5. The van der Waals surface area contributed by atoms with Gasteiger partial charge in [0.2, 0.25) is 0 Å². The number of amides is 1. The largest absolute Gasteiger partial charge is 0.453 e. The Bertz CT molecular complexity index is 507. The van der Waals surface area contributed by atoms with Gasteiger partial charge in [0, 0.05) is 18.8 Å². The van der Waals surface area contributed by atoms with Gasteiger partial charge in [0.25, 0.3) is 0 Å². The molecule has 4 heteroatoms. The second kappa shape index (κ2) is 6.19. The molecule has 122 valence electrons. The summed E-state index contributed by atoms with van der Waals surface area (Å²) in [6, 6.07) is 9.06. The van der Waals surface area contributed by atoms with Gasteiger partial charge in [0.15, 0.2) is 0 Å². The maximum Gasteiger partial charge on any atom is 0.410 e.